The van der Waals surface area contributed by atoms with Gasteiger partial charge in [-0.3, -0.25) is 0 Å². The first-order valence-electron chi connectivity index (χ1n) is 6.97. The molecule has 1 aliphatic rings. The van der Waals surface area contributed by atoms with Crippen molar-refractivity contribution in [1.82, 2.24) is 4.98 Å². The third-order valence-electron chi connectivity index (χ3n) is 3.90. The van der Waals surface area contributed by atoms with Crippen molar-refractivity contribution in [2.45, 2.75) is 32.6 Å². The first-order valence-corrected chi connectivity index (χ1v) is 7.79. The lowest BCUT2D eigenvalue weighted by atomic mass is 9.91. The van der Waals surface area contributed by atoms with Crippen LogP contribution >= 0.6 is 11.3 Å². The van der Waals surface area contributed by atoms with Crippen LogP contribution in [0.3, 0.4) is 0 Å². The Hall–Kier alpha value is -1.19. The SMILES string of the molecule is Cc1ccc(Cc2nc3c(s2)CC(CN)CC3)cc1. The monoisotopic (exact) mass is 272 g/mol. The zero-order chi connectivity index (χ0) is 13.2. The number of benzene rings is 1. The summed E-state index contributed by atoms with van der Waals surface area (Å²) in [7, 11) is 0. The molecule has 0 saturated heterocycles. The van der Waals surface area contributed by atoms with Crippen molar-refractivity contribution < 1.29 is 0 Å². The number of hydrogen-bond donors (Lipinski definition) is 1. The van der Waals surface area contributed by atoms with Gasteiger partial charge in [0.25, 0.3) is 0 Å². The highest BCUT2D eigenvalue weighted by atomic mass is 32.1. The maximum Gasteiger partial charge on any atom is 0.0974 e. The maximum absolute atomic E-state index is 5.79. The second kappa shape index (κ2) is 5.43. The molecule has 0 radical (unpaired) electrons. The molecule has 1 heterocycles. The van der Waals surface area contributed by atoms with Gasteiger partial charge in [-0.15, -0.1) is 11.3 Å². The molecule has 19 heavy (non-hydrogen) atoms. The first-order chi connectivity index (χ1) is 9.24. The molecule has 1 aromatic heterocycles. The van der Waals surface area contributed by atoms with Crippen LogP contribution in [0.25, 0.3) is 0 Å². The zero-order valence-corrected chi connectivity index (χ0v) is 12.2. The first kappa shape index (κ1) is 12.8. The van der Waals surface area contributed by atoms with Gasteiger partial charge in [0.1, 0.15) is 0 Å². The number of aryl methyl sites for hydroxylation is 2. The van der Waals surface area contributed by atoms with E-state index in [4.69, 9.17) is 10.7 Å². The van der Waals surface area contributed by atoms with E-state index in [9.17, 15) is 0 Å². The fraction of sp³-hybridized carbons (Fsp3) is 0.438. The second-order valence-corrected chi connectivity index (χ2v) is 6.65. The van der Waals surface area contributed by atoms with E-state index in [-0.39, 0.29) is 0 Å². The van der Waals surface area contributed by atoms with Gasteiger partial charge in [0.05, 0.1) is 10.7 Å². The summed E-state index contributed by atoms with van der Waals surface area (Å²) < 4.78 is 0. The van der Waals surface area contributed by atoms with Crippen molar-refractivity contribution in [2.75, 3.05) is 6.54 Å². The van der Waals surface area contributed by atoms with Gasteiger partial charge < -0.3 is 5.73 Å². The molecule has 0 saturated carbocycles. The molecule has 1 aromatic carbocycles. The van der Waals surface area contributed by atoms with Crippen molar-refractivity contribution in [2.24, 2.45) is 11.7 Å². The van der Waals surface area contributed by atoms with Crippen molar-refractivity contribution in [3.8, 4) is 0 Å². The molecular formula is C16H20N2S. The van der Waals surface area contributed by atoms with E-state index < -0.39 is 0 Å². The summed E-state index contributed by atoms with van der Waals surface area (Å²) in [6.45, 7) is 2.93. The Morgan fingerprint density at radius 1 is 1.32 bits per heavy atom. The van der Waals surface area contributed by atoms with Crippen LogP contribution in [0.4, 0.5) is 0 Å². The highest BCUT2D eigenvalue weighted by molar-refractivity contribution is 7.11. The van der Waals surface area contributed by atoms with Crippen LogP contribution in [0.5, 0.6) is 0 Å². The van der Waals surface area contributed by atoms with E-state index in [1.54, 1.807) is 0 Å². The standard InChI is InChI=1S/C16H20N2S/c1-11-2-4-12(5-3-11)9-16-18-14-7-6-13(10-17)8-15(14)19-16/h2-5,13H,6-10,17H2,1H3. The van der Waals surface area contributed by atoms with Gasteiger partial charge in [-0.2, -0.15) is 0 Å². The van der Waals surface area contributed by atoms with E-state index in [2.05, 4.69) is 31.2 Å². The van der Waals surface area contributed by atoms with Gasteiger partial charge in [-0.1, -0.05) is 29.8 Å². The molecule has 1 aliphatic carbocycles. The van der Waals surface area contributed by atoms with Crippen LogP contribution in [-0.2, 0) is 19.3 Å². The Morgan fingerprint density at radius 2 is 2.11 bits per heavy atom. The van der Waals surface area contributed by atoms with E-state index in [0.29, 0.717) is 5.92 Å². The topological polar surface area (TPSA) is 38.9 Å². The number of rotatable bonds is 3. The molecule has 0 aliphatic heterocycles. The van der Waals surface area contributed by atoms with Crippen LogP contribution in [-0.4, -0.2) is 11.5 Å². The number of thiazole rings is 1. The molecule has 1 unspecified atom stereocenters. The van der Waals surface area contributed by atoms with Crippen molar-refractivity contribution >= 4 is 11.3 Å². The lowest BCUT2D eigenvalue weighted by Gasteiger charge is -2.18. The third-order valence-corrected chi connectivity index (χ3v) is 5.02. The largest absolute Gasteiger partial charge is 0.330 e. The molecule has 3 rings (SSSR count). The van der Waals surface area contributed by atoms with Crippen LogP contribution < -0.4 is 5.73 Å². The Balaban J connectivity index is 1.76. The summed E-state index contributed by atoms with van der Waals surface area (Å²) in [5, 5.41) is 1.26. The summed E-state index contributed by atoms with van der Waals surface area (Å²) in [6, 6.07) is 8.76. The average molecular weight is 272 g/mol. The lowest BCUT2D eigenvalue weighted by molar-refractivity contribution is 0.469. The van der Waals surface area contributed by atoms with E-state index in [1.165, 1.54) is 33.1 Å². The second-order valence-electron chi connectivity index (χ2n) is 5.48. The number of nitrogens with zero attached hydrogens (tertiary/aromatic N) is 1. The molecule has 100 valence electrons. The van der Waals surface area contributed by atoms with Crippen LogP contribution in [0.2, 0.25) is 0 Å². The maximum atomic E-state index is 5.79. The number of aromatic nitrogens is 1. The Kier molecular flexibility index (Phi) is 3.67. The van der Waals surface area contributed by atoms with E-state index in [0.717, 1.165) is 25.8 Å². The minimum atomic E-state index is 0.667. The van der Waals surface area contributed by atoms with Gasteiger partial charge in [-0.25, -0.2) is 4.98 Å². The zero-order valence-electron chi connectivity index (χ0n) is 11.4. The minimum Gasteiger partial charge on any atom is -0.330 e. The quantitative estimate of drug-likeness (QED) is 0.932. The number of nitrogens with two attached hydrogens (primary N) is 1. The molecule has 2 aromatic rings. The molecule has 0 amide bonds. The highest BCUT2D eigenvalue weighted by Crippen LogP contribution is 2.30. The Bertz CT molecular complexity index is 557. The van der Waals surface area contributed by atoms with Crippen LogP contribution in [0.1, 0.15) is 33.1 Å². The van der Waals surface area contributed by atoms with E-state index in [1.807, 2.05) is 11.3 Å². The summed E-state index contributed by atoms with van der Waals surface area (Å²) in [6.07, 6.45) is 4.42. The Morgan fingerprint density at radius 3 is 2.84 bits per heavy atom. The number of hydrogen-bond acceptors (Lipinski definition) is 3. The smallest absolute Gasteiger partial charge is 0.0974 e. The summed E-state index contributed by atoms with van der Waals surface area (Å²) in [4.78, 5) is 6.29. The normalized spacial score (nSPS) is 18.3. The van der Waals surface area contributed by atoms with Gasteiger partial charge in [-0.05, 0) is 44.2 Å². The Labute approximate surface area is 118 Å². The minimum absolute atomic E-state index is 0.667. The predicted octanol–water partition coefficient (Wildman–Crippen LogP) is 3.11. The summed E-state index contributed by atoms with van der Waals surface area (Å²) in [5.74, 6) is 0.667. The highest BCUT2D eigenvalue weighted by Gasteiger charge is 2.21. The van der Waals surface area contributed by atoms with Crippen molar-refractivity contribution in [3.63, 3.8) is 0 Å². The third kappa shape index (κ3) is 2.88. The molecule has 0 spiro atoms. The molecule has 2 N–H and O–H groups in total. The summed E-state index contributed by atoms with van der Waals surface area (Å²) >= 11 is 1.89. The van der Waals surface area contributed by atoms with Gasteiger partial charge in [0, 0.05) is 11.3 Å². The molecule has 3 heteroatoms. The van der Waals surface area contributed by atoms with Gasteiger partial charge in [0.2, 0.25) is 0 Å². The molecule has 2 nitrogen and oxygen atoms in total. The molecule has 0 bridgehead atoms. The van der Waals surface area contributed by atoms with Crippen molar-refractivity contribution in [1.29, 1.82) is 0 Å². The van der Waals surface area contributed by atoms with Gasteiger partial charge in [0.15, 0.2) is 0 Å². The molecule has 1 atom stereocenters. The average Bonchev–Trinajstić information content (AvgIpc) is 2.82. The van der Waals surface area contributed by atoms with Crippen LogP contribution in [0, 0.1) is 12.8 Å². The predicted molar refractivity (Wildman–Crippen MR) is 80.7 cm³/mol. The fourth-order valence-corrected chi connectivity index (χ4v) is 3.92. The lowest BCUT2D eigenvalue weighted by Crippen LogP contribution is -2.21. The number of fused-ring (bicyclic) bond motifs is 1. The van der Waals surface area contributed by atoms with Crippen molar-refractivity contribution in [3.05, 3.63) is 51.0 Å². The molecule has 0 fully saturated rings. The molecular weight excluding hydrogens is 252 g/mol. The van der Waals surface area contributed by atoms with Crippen LogP contribution in [0.15, 0.2) is 24.3 Å². The summed E-state index contributed by atoms with van der Waals surface area (Å²) in [5.41, 5.74) is 9.79. The van der Waals surface area contributed by atoms with Gasteiger partial charge >= 0.3 is 0 Å². The van der Waals surface area contributed by atoms with E-state index >= 15 is 0 Å². The fourth-order valence-electron chi connectivity index (χ4n) is 2.65.